The molecule has 1 heterocycles. The lowest BCUT2D eigenvalue weighted by molar-refractivity contribution is 0.669. The maximum Gasteiger partial charge on any atom is 0.136 e. The van der Waals surface area contributed by atoms with Crippen LogP contribution in [0.5, 0.6) is 0 Å². The molecule has 1 aromatic heterocycles. The van der Waals surface area contributed by atoms with Gasteiger partial charge in [-0.3, -0.25) is 0 Å². The van der Waals surface area contributed by atoms with Crippen LogP contribution in [0.25, 0.3) is 77.2 Å². The predicted octanol–water partition coefficient (Wildman–Crippen LogP) is 14.9. The summed E-state index contributed by atoms with van der Waals surface area (Å²) in [4.78, 5) is 2.44. The van der Waals surface area contributed by atoms with Crippen molar-refractivity contribution < 1.29 is 4.42 Å². The molecular weight excluding hydrogens is 655 g/mol. The zero-order chi connectivity index (χ0) is 35.8. The quantitative estimate of drug-likeness (QED) is 0.166. The number of hydrogen-bond donors (Lipinski definition) is 0. The van der Waals surface area contributed by atoms with Crippen LogP contribution >= 0.6 is 0 Å². The molecule has 9 aromatic carbocycles. The van der Waals surface area contributed by atoms with Gasteiger partial charge >= 0.3 is 0 Å². The summed E-state index contributed by atoms with van der Waals surface area (Å²) < 4.78 is 6.27. The van der Waals surface area contributed by atoms with Crippen LogP contribution in [0, 0.1) is 0 Å². The normalized spacial score (nSPS) is 11.3. The molecule has 0 atom stereocenters. The summed E-state index contributed by atoms with van der Waals surface area (Å²) in [6.45, 7) is 0. The molecule has 0 saturated carbocycles. The molecule has 0 amide bonds. The van der Waals surface area contributed by atoms with Gasteiger partial charge in [0, 0.05) is 27.4 Å². The Balaban J connectivity index is 1.20. The molecule has 0 aliphatic carbocycles. The highest BCUT2D eigenvalue weighted by Gasteiger charge is 2.24. The fraction of sp³-hybridized carbons (Fsp3) is 0. The minimum Gasteiger partial charge on any atom is -0.456 e. The Morgan fingerprint density at radius 3 is 1.67 bits per heavy atom. The van der Waals surface area contributed by atoms with E-state index < -0.39 is 0 Å². The summed E-state index contributed by atoms with van der Waals surface area (Å²) in [5.74, 6) is 0. The lowest BCUT2D eigenvalue weighted by atomic mass is 9.87. The molecule has 54 heavy (non-hydrogen) atoms. The average molecular weight is 690 g/mol. The second-order valence-corrected chi connectivity index (χ2v) is 13.7. The van der Waals surface area contributed by atoms with E-state index in [-0.39, 0.29) is 0 Å². The van der Waals surface area contributed by atoms with Crippen molar-refractivity contribution in [3.05, 3.63) is 212 Å². The van der Waals surface area contributed by atoms with Gasteiger partial charge in [-0.05, 0) is 86.8 Å². The highest BCUT2D eigenvalue weighted by Crippen LogP contribution is 2.49. The lowest BCUT2D eigenvalue weighted by Gasteiger charge is -2.31. The van der Waals surface area contributed by atoms with Crippen LogP contribution in [0.15, 0.2) is 217 Å². The topological polar surface area (TPSA) is 16.4 Å². The van der Waals surface area contributed by atoms with Crippen molar-refractivity contribution in [1.29, 1.82) is 0 Å². The van der Waals surface area contributed by atoms with Crippen molar-refractivity contribution in [1.82, 2.24) is 0 Å². The maximum atomic E-state index is 6.27. The molecule has 10 aromatic rings. The van der Waals surface area contributed by atoms with Gasteiger partial charge < -0.3 is 9.32 Å². The van der Waals surface area contributed by atoms with E-state index in [9.17, 15) is 0 Å². The molecule has 0 fully saturated rings. The highest BCUT2D eigenvalue weighted by atomic mass is 16.3. The highest BCUT2D eigenvalue weighted by molar-refractivity contribution is 6.07. The van der Waals surface area contributed by atoms with Crippen LogP contribution in [0.1, 0.15) is 0 Å². The molecule has 0 saturated heterocycles. The number of hydrogen-bond acceptors (Lipinski definition) is 2. The van der Waals surface area contributed by atoms with Crippen LogP contribution in [0.4, 0.5) is 17.1 Å². The molecule has 2 nitrogen and oxygen atoms in total. The number of rotatable bonds is 7. The van der Waals surface area contributed by atoms with E-state index in [0.29, 0.717) is 0 Å². The summed E-state index contributed by atoms with van der Waals surface area (Å²) in [5.41, 5.74) is 14.4. The number of benzene rings is 9. The molecule has 0 radical (unpaired) electrons. The number of para-hydroxylation sites is 1. The van der Waals surface area contributed by atoms with E-state index in [0.717, 1.165) is 50.1 Å². The third kappa shape index (κ3) is 5.53. The monoisotopic (exact) mass is 689 g/mol. The number of furan rings is 1. The molecular formula is C52H35NO. The summed E-state index contributed by atoms with van der Waals surface area (Å²) in [7, 11) is 0. The van der Waals surface area contributed by atoms with Crippen LogP contribution in [-0.4, -0.2) is 0 Å². The van der Waals surface area contributed by atoms with Gasteiger partial charge in [-0.25, -0.2) is 0 Å². The van der Waals surface area contributed by atoms with Gasteiger partial charge in [0.2, 0.25) is 0 Å². The van der Waals surface area contributed by atoms with Gasteiger partial charge in [0.15, 0.2) is 0 Å². The standard InChI is InChI=1S/C52H35NO/c1-3-15-37(16-4-1)42-21-9-10-24-47(42)52-44(39-17-5-2-6-18-39)25-14-27-49(52)53(48-26-13-20-38-19-7-8-22-43(38)48)41-32-29-36(30-33-41)40-31-34-46-45-23-11-12-28-50(45)54-51(46)35-40/h1-35H. The Morgan fingerprint density at radius 1 is 0.315 bits per heavy atom. The Bertz CT molecular complexity index is 2920. The molecule has 0 bridgehead atoms. The molecule has 10 rings (SSSR count). The van der Waals surface area contributed by atoms with Gasteiger partial charge in [-0.2, -0.15) is 0 Å². The molecule has 0 unspecified atom stereocenters. The predicted molar refractivity (Wildman–Crippen MR) is 228 cm³/mol. The van der Waals surface area contributed by atoms with Gasteiger partial charge in [0.05, 0.1) is 11.4 Å². The first kappa shape index (κ1) is 31.6. The van der Waals surface area contributed by atoms with Crippen molar-refractivity contribution in [2.75, 3.05) is 4.90 Å². The van der Waals surface area contributed by atoms with E-state index in [1.807, 2.05) is 12.1 Å². The van der Waals surface area contributed by atoms with Crippen molar-refractivity contribution in [2.24, 2.45) is 0 Å². The van der Waals surface area contributed by atoms with Crippen molar-refractivity contribution >= 4 is 49.8 Å². The molecule has 2 heteroatoms. The molecule has 0 aliphatic heterocycles. The van der Waals surface area contributed by atoms with Crippen LogP contribution in [0.2, 0.25) is 0 Å². The molecule has 0 aliphatic rings. The first-order valence-corrected chi connectivity index (χ1v) is 18.4. The van der Waals surface area contributed by atoms with E-state index in [2.05, 4.69) is 205 Å². The zero-order valence-electron chi connectivity index (χ0n) is 29.6. The van der Waals surface area contributed by atoms with Gasteiger partial charge in [-0.15, -0.1) is 0 Å². The summed E-state index contributed by atoms with van der Waals surface area (Å²) in [6, 6.07) is 76.0. The Kier molecular flexibility index (Phi) is 7.85. The van der Waals surface area contributed by atoms with Crippen LogP contribution < -0.4 is 4.90 Å². The SMILES string of the molecule is c1ccc(-c2ccccc2-c2c(-c3ccccc3)cccc2N(c2ccc(-c3ccc4c(c3)oc3ccccc34)cc2)c2cccc3ccccc23)cc1. The van der Waals surface area contributed by atoms with Gasteiger partial charge in [0.25, 0.3) is 0 Å². The third-order valence-corrected chi connectivity index (χ3v) is 10.5. The molecule has 0 spiro atoms. The summed E-state index contributed by atoms with van der Waals surface area (Å²) in [5, 5.41) is 4.66. The first-order valence-electron chi connectivity index (χ1n) is 18.4. The first-order chi connectivity index (χ1) is 26.8. The average Bonchev–Trinajstić information content (AvgIpc) is 3.63. The van der Waals surface area contributed by atoms with Crippen LogP contribution in [0.3, 0.4) is 0 Å². The summed E-state index contributed by atoms with van der Waals surface area (Å²) in [6.07, 6.45) is 0. The largest absolute Gasteiger partial charge is 0.456 e. The minimum absolute atomic E-state index is 0.898. The zero-order valence-corrected chi connectivity index (χ0v) is 29.6. The fourth-order valence-electron chi connectivity index (χ4n) is 7.96. The van der Waals surface area contributed by atoms with E-state index >= 15 is 0 Å². The summed E-state index contributed by atoms with van der Waals surface area (Å²) >= 11 is 0. The number of anilines is 3. The van der Waals surface area contributed by atoms with Gasteiger partial charge in [0.1, 0.15) is 11.2 Å². The minimum atomic E-state index is 0.898. The van der Waals surface area contributed by atoms with Gasteiger partial charge in [-0.1, -0.05) is 170 Å². The van der Waals surface area contributed by atoms with Crippen molar-refractivity contribution in [2.45, 2.75) is 0 Å². The second kappa shape index (κ2) is 13.4. The van der Waals surface area contributed by atoms with E-state index in [1.165, 1.54) is 44.2 Å². The molecule has 0 N–H and O–H groups in total. The number of nitrogens with zero attached hydrogens (tertiary/aromatic N) is 1. The van der Waals surface area contributed by atoms with E-state index in [1.54, 1.807) is 0 Å². The smallest absolute Gasteiger partial charge is 0.136 e. The van der Waals surface area contributed by atoms with Crippen molar-refractivity contribution in [3.63, 3.8) is 0 Å². The number of fused-ring (bicyclic) bond motifs is 4. The Labute approximate surface area is 314 Å². The van der Waals surface area contributed by atoms with E-state index in [4.69, 9.17) is 4.42 Å². The second-order valence-electron chi connectivity index (χ2n) is 13.7. The third-order valence-electron chi connectivity index (χ3n) is 10.5. The lowest BCUT2D eigenvalue weighted by Crippen LogP contribution is -2.12. The Morgan fingerprint density at radius 2 is 0.870 bits per heavy atom. The fourth-order valence-corrected chi connectivity index (χ4v) is 7.96. The Hall–Kier alpha value is -7.16. The van der Waals surface area contributed by atoms with Crippen LogP contribution in [-0.2, 0) is 0 Å². The molecule has 254 valence electrons. The van der Waals surface area contributed by atoms with Crippen molar-refractivity contribution in [3.8, 4) is 44.5 Å². The maximum absolute atomic E-state index is 6.27.